The first-order valence-electron chi connectivity index (χ1n) is 10.5. The molecule has 164 valence electrons. The summed E-state index contributed by atoms with van der Waals surface area (Å²) < 4.78 is 37.5. The van der Waals surface area contributed by atoms with Gasteiger partial charge in [-0.2, -0.15) is 0 Å². The normalized spacial score (nSPS) is 21.1. The van der Waals surface area contributed by atoms with Crippen molar-refractivity contribution in [3.8, 4) is 22.8 Å². The number of aromatic nitrogens is 1. The first kappa shape index (κ1) is 21.4. The van der Waals surface area contributed by atoms with Crippen LogP contribution >= 0.6 is 11.3 Å². The van der Waals surface area contributed by atoms with Gasteiger partial charge < -0.3 is 14.8 Å². The molecule has 1 aromatic carbocycles. The smallest absolute Gasteiger partial charge is 0.211 e. The molecular formula is C21H29N3O4S2. The SMILES string of the molecule is CCS(=O)(=O)NC1CCC(CNc2nc3c(s2)CCOc2cc(OC)ccc2-3)CC1. The molecule has 1 saturated carbocycles. The van der Waals surface area contributed by atoms with E-state index in [9.17, 15) is 8.42 Å². The van der Waals surface area contributed by atoms with E-state index in [4.69, 9.17) is 14.5 Å². The number of methoxy groups -OCH3 is 1. The van der Waals surface area contributed by atoms with Crippen molar-refractivity contribution >= 4 is 26.5 Å². The van der Waals surface area contributed by atoms with E-state index in [1.165, 1.54) is 4.88 Å². The van der Waals surface area contributed by atoms with E-state index in [0.717, 1.165) is 66.5 Å². The Morgan fingerprint density at radius 2 is 2.07 bits per heavy atom. The number of thiazole rings is 1. The summed E-state index contributed by atoms with van der Waals surface area (Å²) in [7, 11) is -1.46. The minimum absolute atomic E-state index is 0.0793. The van der Waals surface area contributed by atoms with E-state index in [-0.39, 0.29) is 11.8 Å². The molecule has 0 amide bonds. The molecule has 30 heavy (non-hydrogen) atoms. The van der Waals surface area contributed by atoms with Crippen molar-refractivity contribution in [3.05, 3.63) is 23.1 Å². The van der Waals surface area contributed by atoms with Crippen LogP contribution in [-0.2, 0) is 16.4 Å². The summed E-state index contributed by atoms with van der Waals surface area (Å²) >= 11 is 1.70. The number of rotatable bonds is 7. The lowest BCUT2D eigenvalue weighted by molar-refractivity contribution is 0.324. The second kappa shape index (κ2) is 9.11. The third-order valence-electron chi connectivity index (χ3n) is 5.84. The molecule has 7 nitrogen and oxygen atoms in total. The van der Waals surface area contributed by atoms with Gasteiger partial charge in [0.05, 0.1) is 25.2 Å². The first-order chi connectivity index (χ1) is 14.5. The quantitative estimate of drug-likeness (QED) is 0.668. The topological polar surface area (TPSA) is 89.6 Å². The summed E-state index contributed by atoms with van der Waals surface area (Å²) in [4.78, 5) is 6.10. The highest BCUT2D eigenvalue weighted by atomic mass is 32.2. The van der Waals surface area contributed by atoms with E-state index in [1.54, 1.807) is 25.4 Å². The third-order valence-corrected chi connectivity index (χ3v) is 8.37. The number of hydrogen-bond donors (Lipinski definition) is 2. The van der Waals surface area contributed by atoms with Crippen LogP contribution in [0.2, 0.25) is 0 Å². The molecule has 1 aromatic heterocycles. The maximum atomic E-state index is 11.8. The van der Waals surface area contributed by atoms with Crippen LogP contribution < -0.4 is 19.5 Å². The Kier molecular flexibility index (Phi) is 6.50. The van der Waals surface area contributed by atoms with Gasteiger partial charge in [0.25, 0.3) is 0 Å². The fourth-order valence-corrected chi connectivity index (χ4v) is 5.93. The zero-order valence-corrected chi connectivity index (χ0v) is 19.1. The standard InChI is InChI=1S/C21H29N3O4S2/c1-3-30(25,26)24-15-6-4-14(5-7-15)13-22-21-23-20-17-9-8-16(27-2)12-18(17)28-11-10-19(20)29-21/h8-9,12,14-15,24H,3-7,10-11,13H2,1-2H3,(H,22,23). The molecule has 0 atom stereocenters. The van der Waals surface area contributed by atoms with Crippen LogP contribution in [0.5, 0.6) is 11.5 Å². The molecule has 1 aliphatic carbocycles. The van der Waals surface area contributed by atoms with Gasteiger partial charge in [-0.25, -0.2) is 18.1 Å². The zero-order chi connectivity index (χ0) is 21.1. The highest BCUT2D eigenvalue weighted by Crippen LogP contribution is 2.40. The molecule has 0 spiro atoms. The lowest BCUT2D eigenvalue weighted by Crippen LogP contribution is -2.39. The third kappa shape index (κ3) is 4.90. The maximum absolute atomic E-state index is 11.8. The number of nitrogens with zero attached hydrogens (tertiary/aromatic N) is 1. The van der Waals surface area contributed by atoms with Gasteiger partial charge >= 0.3 is 0 Å². The molecule has 9 heteroatoms. The van der Waals surface area contributed by atoms with Gasteiger partial charge in [-0.05, 0) is 50.7 Å². The lowest BCUT2D eigenvalue weighted by Gasteiger charge is -2.28. The summed E-state index contributed by atoms with van der Waals surface area (Å²) in [6.07, 6.45) is 4.67. The zero-order valence-electron chi connectivity index (χ0n) is 17.4. The molecule has 2 aromatic rings. The molecule has 1 fully saturated rings. The molecule has 0 bridgehead atoms. The highest BCUT2D eigenvalue weighted by Gasteiger charge is 2.25. The predicted molar refractivity (Wildman–Crippen MR) is 120 cm³/mol. The number of fused-ring (bicyclic) bond motifs is 3. The van der Waals surface area contributed by atoms with Crippen molar-refractivity contribution in [1.82, 2.24) is 9.71 Å². The predicted octanol–water partition coefficient (Wildman–Crippen LogP) is 3.66. The van der Waals surface area contributed by atoms with Gasteiger partial charge in [-0.15, -0.1) is 11.3 Å². The number of benzene rings is 1. The van der Waals surface area contributed by atoms with Crippen LogP contribution in [0.4, 0.5) is 5.13 Å². The number of hydrogen-bond acceptors (Lipinski definition) is 7. The van der Waals surface area contributed by atoms with Crippen molar-refractivity contribution < 1.29 is 17.9 Å². The molecule has 2 aliphatic rings. The molecule has 2 heterocycles. The van der Waals surface area contributed by atoms with Crippen molar-refractivity contribution in [1.29, 1.82) is 0 Å². The molecule has 4 rings (SSSR count). The Morgan fingerprint density at radius 3 is 2.80 bits per heavy atom. The van der Waals surface area contributed by atoms with Crippen molar-refractivity contribution in [3.63, 3.8) is 0 Å². The summed E-state index contributed by atoms with van der Waals surface area (Å²) in [5.41, 5.74) is 2.01. The maximum Gasteiger partial charge on any atom is 0.211 e. The van der Waals surface area contributed by atoms with Crippen LogP contribution in [0.15, 0.2) is 18.2 Å². The number of nitrogens with one attached hydrogen (secondary N) is 2. The Balaban J connectivity index is 1.36. The number of sulfonamides is 1. The summed E-state index contributed by atoms with van der Waals surface area (Å²) in [5.74, 6) is 2.28. The van der Waals surface area contributed by atoms with Crippen LogP contribution in [0.1, 0.15) is 37.5 Å². The minimum Gasteiger partial charge on any atom is -0.497 e. The van der Waals surface area contributed by atoms with Gasteiger partial charge in [0.1, 0.15) is 11.5 Å². The molecule has 1 aliphatic heterocycles. The van der Waals surface area contributed by atoms with Crippen LogP contribution in [-0.4, -0.2) is 45.5 Å². The summed E-state index contributed by atoms with van der Waals surface area (Å²) in [5, 5.41) is 4.46. The lowest BCUT2D eigenvalue weighted by atomic mass is 9.86. The van der Waals surface area contributed by atoms with E-state index >= 15 is 0 Å². The summed E-state index contributed by atoms with van der Waals surface area (Å²) in [6, 6.07) is 5.95. The summed E-state index contributed by atoms with van der Waals surface area (Å²) in [6.45, 7) is 3.17. The fourth-order valence-electron chi connectivity index (χ4n) is 4.06. The molecule has 0 unspecified atom stereocenters. The molecular weight excluding hydrogens is 422 g/mol. The average molecular weight is 452 g/mol. The largest absolute Gasteiger partial charge is 0.497 e. The Labute approximate surface area is 182 Å². The molecule has 0 radical (unpaired) electrons. The van der Waals surface area contributed by atoms with Gasteiger partial charge in [-0.1, -0.05) is 0 Å². The van der Waals surface area contributed by atoms with Gasteiger partial charge in [-0.3, -0.25) is 0 Å². The van der Waals surface area contributed by atoms with Gasteiger partial charge in [0, 0.05) is 35.5 Å². The van der Waals surface area contributed by atoms with Crippen molar-refractivity contribution in [2.75, 3.05) is 31.3 Å². The van der Waals surface area contributed by atoms with Crippen LogP contribution in [0.25, 0.3) is 11.3 Å². The average Bonchev–Trinajstić information content (AvgIpc) is 3.08. The van der Waals surface area contributed by atoms with E-state index in [0.29, 0.717) is 12.5 Å². The minimum atomic E-state index is -3.12. The highest BCUT2D eigenvalue weighted by molar-refractivity contribution is 7.89. The molecule has 2 N–H and O–H groups in total. The monoisotopic (exact) mass is 451 g/mol. The Morgan fingerprint density at radius 1 is 1.27 bits per heavy atom. The second-order valence-electron chi connectivity index (χ2n) is 7.87. The van der Waals surface area contributed by atoms with E-state index < -0.39 is 10.0 Å². The van der Waals surface area contributed by atoms with Crippen molar-refractivity contribution in [2.45, 2.75) is 45.1 Å². The first-order valence-corrected chi connectivity index (χ1v) is 13.0. The Hall–Kier alpha value is -1.84. The number of anilines is 1. The Bertz CT molecular complexity index is 982. The van der Waals surface area contributed by atoms with Crippen molar-refractivity contribution in [2.24, 2.45) is 5.92 Å². The second-order valence-corrected chi connectivity index (χ2v) is 11.0. The van der Waals surface area contributed by atoms with Crippen LogP contribution in [0.3, 0.4) is 0 Å². The van der Waals surface area contributed by atoms with Gasteiger partial charge in [0.15, 0.2) is 5.13 Å². The fraction of sp³-hybridized carbons (Fsp3) is 0.571. The van der Waals surface area contributed by atoms with Crippen LogP contribution in [0, 0.1) is 5.92 Å². The number of ether oxygens (including phenoxy) is 2. The van der Waals surface area contributed by atoms with Gasteiger partial charge in [0.2, 0.25) is 10.0 Å². The van der Waals surface area contributed by atoms with E-state index in [1.807, 2.05) is 18.2 Å². The molecule has 0 saturated heterocycles. The van der Waals surface area contributed by atoms with E-state index in [2.05, 4.69) is 10.0 Å².